The Morgan fingerprint density at radius 1 is 1.14 bits per heavy atom. The predicted molar refractivity (Wildman–Crippen MR) is 110 cm³/mol. The number of nitrogens with zero attached hydrogens (tertiary/aromatic N) is 4. The van der Waals surface area contributed by atoms with Crippen LogP contribution in [0, 0.1) is 11.3 Å². The average molecular weight is 405 g/mol. The van der Waals surface area contributed by atoms with Crippen LogP contribution in [0.2, 0.25) is 5.02 Å². The van der Waals surface area contributed by atoms with E-state index in [0.717, 1.165) is 30.4 Å². The number of hydrogen-bond donors (Lipinski definition) is 2. The van der Waals surface area contributed by atoms with Crippen molar-refractivity contribution in [2.75, 3.05) is 11.1 Å². The topological polar surface area (TPSA) is 118 Å². The van der Waals surface area contributed by atoms with Crippen LogP contribution < -0.4 is 11.1 Å². The molecule has 0 spiro atoms. The smallest absolute Gasteiger partial charge is 0.235 e. The number of amides is 1. The maximum Gasteiger partial charge on any atom is 0.235 e. The summed E-state index contributed by atoms with van der Waals surface area (Å²) < 4.78 is 0. The lowest BCUT2D eigenvalue weighted by Crippen LogP contribution is -2.46. The van der Waals surface area contributed by atoms with Gasteiger partial charge in [0, 0.05) is 29.8 Å². The van der Waals surface area contributed by atoms with Crippen molar-refractivity contribution in [1.29, 1.82) is 5.26 Å². The van der Waals surface area contributed by atoms with E-state index in [0.29, 0.717) is 22.0 Å². The monoisotopic (exact) mass is 404 g/mol. The van der Waals surface area contributed by atoms with Crippen molar-refractivity contribution in [2.24, 2.45) is 0 Å². The van der Waals surface area contributed by atoms with Gasteiger partial charge in [-0.25, -0.2) is 9.97 Å². The maximum atomic E-state index is 13.1. The second-order valence-electron chi connectivity index (χ2n) is 6.96. The third-order valence-corrected chi connectivity index (χ3v) is 5.59. The standard InChI is InChI=1S/C21H17ClN6O/c22-17-8-16(4-2-13(17)9-23)28-19(29)21(6-1-7-21)15-3-5-18(25-12-15)14-10-26-20(24)27-11-14/h2-5,8,10-12H,1,6-7H2,(H,28,29)(H2,24,26,27). The second kappa shape index (κ2) is 7.49. The summed E-state index contributed by atoms with van der Waals surface area (Å²) in [6.07, 6.45) is 7.42. The quantitative estimate of drug-likeness (QED) is 0.684. The highest BCUT2D eigenvalue weighted by Gasteiger charge is 2.46. The molecule has 2 aromatic heterocycles. The number of nitriles is 1. The number of carbonyl (C=O) groups excluding carboxylic acids is 1. The lowest BCUT2D eigenvalue weighted by molar-refractivity contribution is -0.124. The van der Waals surface area contributed by atoms with Gasteiger partial charge in [0.2, 0.25) is 11.9 Å². The number of anilines is 2. The molecule has 8 heteroatoms. The number of nitrogens with two attached hydrogens (primary N) is 1. The van der Waals surface area contributed by atoms with E-state index in [4.69, 9.17) is 22.6 Å². The Balaban J connectivity index is 1.57. The molecule has 2 heterocycles. The summed E-state index contributed by atoms with van der Waals surface area (Å²) >= 11 is 6.08. The number of nitrogens with one attached hydrogen (secondary N) is 1. The molecule has 0 bridgehead atoms. The predicted octanol–water partition coefficient (Wildman–Crippen LogP) is 3.71. The van der Waals surface area contributed by atoms with Crippen LogP contribution in [0.3, 0.4) is 0 Å². The highest BCUT2D eigenvalue weighted by molar-refractivity contribution is 6.32. The van der Waals surface area contributed by atoms with Crippen LogP contribution >= 0.6 is 11.6 Å². The molecule has 3 N–H and O–H groups in total. The molecule has 1 aromatic carbocycles. The van der Waals surface area contributed by atoms with Crippen LogP contribution in [0.1, 0.15) is 30.4 Å². The number of pyridine rings is 1. The fourth-order valence-corrected chi connectivity index (χ4v) is 3.65. The van der Waals surface area contributed by atoms with Crippen molar-refractivity contribution >= 4 is 29.1 Å². The number of halogens is 1. The van der Waals surface area contributed by atoms with E-state index in [1.165, 1.54) is 0 Å². The Hall–Kier alpha value is -3.50. The Kier molecular flexibility index (Phi) is 4.87. The largest absolute Gasteiger partial charge is 0.368 e. The third-order valence-electron chi connectivity index (χ3n) is 5.27. The van der Waals surface area contributed by atoms with E-state index in [-0.39, 0.29) is 11.9 Å². The van der Waals surface area contributed by atoms with E-state index < -0.39 is 5.41 Å². The van der Waals surface area contributed by atoms with Crippen molar-refractivity contribution in [3.8, 4) is 17.3 Å². The molecule has 1 amide bonds. The zero-order valence-electron chi connectivity index (χ0n) is 15.4. The number of hydrogen-bond acceptors (Lipinski definition) is 6. The van der Waals surface area contributed by atoms with E-state index >= 15 is 0 Å². The summed E-state index contributed by atoms with van der Waals surface area (Å²) in [5.41, 5.74) is 8.16. The SMILES string of the molecule is N#Cc1ccc(NC(=O)C2(c3ccc(-c4cnc(N)nc4)nc3)CCC2)cc1Cl. The second-order valence-corrected chi connectivity index (χ2v) is 7.37. The van der Waals surface area contributed by atoms with Gasteiger partial charge in [0.1, 0.15) is 6.07 Å². The first-order valence-electron chi connectivity index (χ1n) is 9.07. The maximum absolute atomic E-state index is 13.1. The van der Waals surface area contributed by atoms with E-state index in [1.54, 1.807) is 36.8 Å². The zero-order chi connectivity index (χ0) is 20.4. The molecule has 0 aliphatic heterocycles. The number of aromatic nitrogens is 3. The van der Waals surface area contributed by atoms with Gasteiger partial charge in [-0.2, -0.15) is 5.26 Å². The van der Waals surface area contributed by atoms with Crippen LogP contribution in [0.5, 0.6) is 0 Å². The van der Waals surface area contributed by atoms with Crippen molar-refractivity contribution in [2.45, 2.75) is 24.7 Å². The molecule has 0 radical (unpaired) electrons. The van der Waals surface area contributed by atoms with E-state index in [2.05, 4.69) is 20.3 Å². The Bertz CT molecular complexity index is 1100. The Morgan fingerprint density at radius 3 is 2.45 bits per heavy atom. The first kappa shape index (κ1) is 18.8. The van der Waals surface area contributed by atoms with Crippen molar-refractivity contribution < 1.29 is 4.79 Å². The molecule has 7 nitrogen and oxygen atoms in total. The molecular formula is C21H17ClN6O. The van der Waals surface area contributed by atoms with Gasteiger partial charge in [0.05, 0.1) is 21.7 Å². The van der Waals surface area contributed by atoms with Crippen LogP contribution in [0.15, 0.2) is 48.9 Å². The number of carbonyl (C=O) groups is 1. The first-order chi connectivity index (χ1) is 14.0. The molecule has 3 aromatic rings. The number of benzene rings is 1. The molecular weight excluding hydrogens is 388 g/mol. The molecule has 144 valence electrons. The summed E-state index contributed by atoms with van der Waals surface area (Å²) in [5, 5.41) is 12.2. The molecule has 1 aliphatic carbocycles. The lowest BCUT2D eigenvalue weighted by Gasteiger charge is -2.40. The summed E-state index contributed by atoms with van der Waals surface area (Å²) in [5.74, 6) is 0.105. The molecule has 0 atom stereocenters. The van der Waals surface area contributed by atoms with Crippen molar-refractivity contribution in [3.05, 3.63) is 65.1 Å². The van der Waals surface area contributed by atoms with Crippen molar-refractivity contribution in [3.63, 3.8) is 0 Å². The van der Waals surface area contributed by atoms with Crippen LogP contribution in [-0.2, 0) is 10.2 Å². The van der Waals surface area contributed by atoms with Gasteiger partial charge in [-0.1, -0.05) is 24.1 Å². The van der Waals surface area contributed by atoms with Gasteiger partial charge in [-0.05, 0) is 42.7 Å². The average Bonchev–Trinajstić information content (AvgIpc) is 2.68. The summed E-state index contributed by atoms with van der Waals surface area (Å²) in [6.45, 7) is 0. The first-order valence-corrected chi connectivity index (χ1v) is 9.45. The van der Waals surface area contributed by atoms with Gasteiger partial charge >= 0.3 is 0 Å². The molecule has 4 rings (SSSR count). The molecule has 0 saturated heterocycles. The van der Waals surface area contributed by atoms with Crippen LogP contribution in [0.25, 0.3) is 11.3 Å². The summed E-state index contributed by atoms with van der Waals surface area (Å²) in [6, 6.07) is 10.6. The summed E-state index contributed by atoms with van der Waals surface area (Å²) in [4.78, 5) is 25.5. The van der Waals surface area contributed by atoms with Gasteiger partial charge in [-0.15, -0.1) is 0 Å². The highest BCUT2D eigenvalue weighted by Crippen LogP contribution is 2.44. The van der Waals surface area contributed by atoms with Gasteiger partial charge in [0.25, 0.3) is 0 Å². The molecule has 1 aliphatic rings. The van der Waals surface area contributed by atoms with Crippen LogP contribution in [0.4, 0.5) is 11.6 Å². The van der Waals surface area contributed by atoms with Gasteiger partial charge in [-0.3, -0.25) is 9.78 Å². The van der Waals surface area contributed by atoms with E-state index in [1.807, 2.05) is 18.2 Å². The van der Waals surface area contributed by atoms with E-state index in [9.17, 15) is 4.79 Å². The van der Waals surface area contributed by atoms with Crippen LogP contribution in [-0.4, -0.2) is 20.9 Å². The fraction of sp³-hybridized carbons (Fsp3) is 0.190. The normalized spacial score (nSPS) is 14.5. The van der Waals surface area contributed by atoms with Gasteiger partial charge < -0.3 is 11.1 Å². The minimum atomic E-state index is -0.622. The third kappa shape index (κ3) is 3.50. The molecule has 29 heavy (non-hydrogen) atoms. The Labute approximate surface area is 172 Å². The fourth-order valence-electron chi connectivity index (χ4n) is 3.43. The minimum absolute atomic E-state index is 0.102. The minimum Gasteiger partial charge on any atom is -0.368 e. The van der Waals surface area contributed by atoms with Crippen molar-refractivity contribution in [1.82, 2.24) is 15.0 Å². The highest BCUT2D eigenvalue weighted by atomic mass is 35.5. The number of nitrogen functional groups attached to an aromatic ring is 1. The molecule has 0 unspecified atom stereocenters. The molecule has 1 saturated carbocycles. The number of rotatable bonds is 4. The Morgan fingerprint density at radius 2 is 1.90 bits per heavy atom. The molecule has 1 fully saturated rings. The lowest BCUT2D eigenvalue weighted by atomic mass is 9.64. The van der Waals surface area contributed by atoms with Gasteiger partial charge in [0.15, 0.2) is 0 Å². The summed E-state index contributed by atoms with van der Waals surface area (Å²) in [7, 11) is 0. The zero-order valence-corrected chi connectivity index (χ0v) is 16.1.